The van der Waals surface area contributed by atoms with Crippen LogP contribution in [-0.4, -0.2) is 16.5 Å². The van der Waals surface area contributed by atoms with Gasteiger partial charge in [0.05, 0.1) is 5.52 Å². The van der Waals surface area contributed by atoms with Gasteiger partial charge in [-0.1, -0.05) is 18.2 Å². The molecule has 110 valence electrons. The average molecular weight is 294 g/mol. The van der Waals surface area contributed by atoms with Gasteiger partial charge in [0.25, 0.3) is 0 Å². The lowest BCUT2D eigenvalue weighted by molar-refractivity contribution is 0.628. The molecule has 0 radical (unpaired) electrons. The van der Waals surface area contributed by atoms with Crippen LogP contribution >= 0.6 is 0 Å². The molecule has 1 aromatic heterocycles. The molecule has 0 saturated heterocycles. The summed E-state index contributed by atoms with van der Waals surface area (Å²) in [7, 11) is 0. The number of hydrogen-bond donors (Lipinski definition) is 2. The first kappa shape index (κ1) is 14.0. The van der Waals surface area contributed by atoms with E-state index in [2.05, 4.69) is 27.2 Å². The maximum atomic E-state index is 13.0. The number of rotatable bonds is 5. The van der Waals surface area contributed by atoms with Crippen molar-refractivity contribution in [2.24, 2.45) is 0 Å². The molecular weight excluding hydrogens is 279 g/mol. The predicted molar refractivity (Wildman–Crippen MR) is 87.9 cm³/mol. The zero-order chi connectivity index (χ0) is 15.4. The van der Waals surface area contributed by atoms with Crippen LogP contribution in [0.2, 0.25) is 0 Å². The van der Waals surface area contributed by atoms with Gasteiger partial charge in [-0.25, -0.2) is 9.37 Å². The Balaban J connectivity index is 1.98. The van der Waals surface area contributed by atoms with Crippen LogP contribution in [0.4, 0.5) is 21.8 Å². The van der Waals surface area contributed by atoms with E-state index in [-0.39, 0.29) is 5.82 Å². The van der Waals surface area contributed by atoms with Gasteiger partial charge in [0.15, 0.2) is 0 Å². The normalized spacial score (nSPS) is 10.4. The fraction of sp³-hybridized carbons (Fsp3) is 0.0588. The van der Waals surface area contributed by atoms with Gasteiger partial charge >= 0.3 is 0 Å². The van der Waals surface area contributed by atoms with Crippen molar-refractivity contribution in [3.05, 3.63) is 67.0 Å². The molecule has 4 nitrogen and oxygen atoms in total. The molecule has 0 spiro atoms. The second kappa shape index (κ2) is 6.22. The van der Waals surface area contributed by atoms with E-state index in [0.29, 0.717) is 12.5 Å². The molecule has 0 unspecified atom stereocenters. The summed E-state index contributed by atoms with van der Waals surface area (Å²) in [5.41, 5.74) is 1.56. The summed E-state index contributed by atoms with van der Waals surface area (Å²) in [5, 5.41) is 7.23. The van der Waals surface area contributed by atoms with Gasteiger partial charge in [-0.2, -0.15) is 4.98 Å². The van der Waals surface area contributed by atoms with Gasteiger partial charge < -0.3 is 10.6 Å². The summed E-state index contributed by atoms with van der Waals surface area (Å²) in [6, 6.07) is 13.8. The number of aromatic nitrogens is 2. The maximum Gasteiger partial charge on any atom is 0.229 e. The number of para-hydroxylation sites is 1. The standard InChI is InChI=1S/C17H15FN4/c1-2-11-19-16-14-5-3-4-6-15(14)21-17(22-16)20-13-9-7-12(18)8-10-13/h2-10H,1,11H2,(H2,19,20,21,22). The van der Waals surface area contributed by atoms with E-state index >= 15 is 0 Å². The molecule has 0 fully saturated rings. The smallest absolute Gasteiger partial charge is 0.229 e. The third-order valence-electron chi connectivity index (χ3n) is 3.12. The molecule has 22 heavy (non-hydrogen) atoms. The summed E-state index contributed by atoms with van der Waals surface area (Å²) in [4.78, 5) is 8.96. The molecule has 0 aliphatic rings. The molecule has 0 aliphatic heterocycles. The van der Waals surface area contributed by atoms with Crippen molar-refractivity contribution < 1.29 is 4.39 Å². The molecule has 3 aromatic rings. The highest BCUT2D eigenvalue weighted by Gasteiger charge is 2.07. The maximum absolute atomic E-state index is 13.0. The fourth-order valence-electron chi connectivity index (χ4n) is 2.10. The monoisotopic (exact) mass is 294 g/mol. The van der Waals surface area contributed by atoms with Crippen LogP contribution in [0.3, 0.4) is 0 Å². The van der Waals surface area contributed by atoms with E-state index in [9.17, 15) is 4.39 Å². The van der Waals surface area contributed by atoms with E-state index in [0.717, 1.165) is 22.4 Å². The number of benzene rings is 2. The zero-order valence-corrected chi connectivity index (χ0v) is 11.9. The first-order valence-electron chi connectivity index (χ1n) is 6.90. The number of nitrogens with one attached hydrogen (secondary N) is 2. The Morgan fingerprint density at radius 2 is 1.82 bits per heavy atom. The molecule has 1 heterocycles. The lowest BCUT2D eigenvalue weighted by atomic mass is 10.2. The van der Waals surface area contributed by atoms with Crippen LogP contribution in [0.1, 0.15) is 0 Å². The van der Waals surface area contributed by atoms with Crippen LogP contribution in [-0.2, 0) is 0 Å². The SMILES string of the molecule is C=CCNc1nc(Nc2ccc(F)cc2)nc2ccccc12. The Kier molecular flexibility index (Phi) is 3.96. The third kappa shape index (κ3) is 3.03. The fourth-order valence-corrected chi connectivity index (χ4v) is 2.10. The van der Waals surface area contributed by atoms with Crippen molar-refractivity contribution in [1.82, 2.24) is 9.97 Å². The summed E-state index contributed by atoms with van der Waals surface area (Å²) >= 11 is 0. The Hall–Kier alpha value is -2.95. The van der Waals surface area contributed by atoms with Crippen molar-refractivity contribution in [1.29, 1.82) is 0 Å². The van der Waals surface area contributed by atoms with Crippen molar-refractivity contribution in [2.45, 2.75) is 0 Å². The summed E-state index contributed by atoms with van der Waals surface area (Å²) < 4.78 is 13.0. The van der Waals surface area contributed by atoms with Crippen LogP contribution in [0.15, 0.2) is 61.2 Å². The van der Waals surface area contributed by atoms with E-state index in [1.807, 2.05) is 24.3 Å². The highest BCUT2D eigenvalue weighted by atomic mass is 19.1. The van der Waals surface area contributed by atoms with E-state index in [4.69, 9.17) is 0 Å². The number of halogens is 1. The molecule has 0 amide bonds. The molecule has 3 rings (SSSR count). The van der Waals surface area contributed by atoms with Crippen molar-refractivity contribution in [3.8, 4) is 0 Å². The Morgan fingerprint density at radius 3 is 2.59 bits per heavy atom. The molecule has 0 aliphatic carbocycles. The molecule has 5 heteroatoms. The number of hydrogen-bond acceptors (Lipinski definition) is 4. The number of anilines is 3. The van der Waals surface area contributed by atoms with E-state index in [1.54, 1.807) is 18.2 Å². The zero-order valence-electron chi connectivity index (χ0n) is 11.9. The largest absolute Gasteiger partial charge is 0.366 e. The minimum Gasteiger partial charge on any atom is -0.366 e. The van der Waals surface area contributed by atoms with Gasteiger partial charge in [-0.05, 0) is 36.4 Å². The Bertz CT molecular complexity index is 799. The van der Waals surface area contributed by atoms with Crippen molar-refractivity contribution in [2.75, 3.05) is 17.2 Å². The minimum atomic E-state index is -0.279. The quantitative estimate of drug-likeness (QED) is 0.695. The van der Waals surface area contributed by atoms with Crippen LogP contribution in [0.25, 0.3) is 10.9 Å². The molecule has 0 saturated carbocycles. The first-order chi connectivity index (χ1) is 10.8. The molecule has 0 bridgehead atoms. The molecular formula is C17H15FN4. The van der Waals surface area contributed by atoms with E-state index in [1.165, 1.54) is 12.1 Å². The molecule has 2 aromatic carbocycles. The number of fused-ring (bicyclic) bond motifs is 1. The first-order valence-corrected chi connectivity index (χ1v) is 6.90. The van der Waals surface area contributed by atoms with Crippen LogP contribution < -0.4 is 10.6 Å². The van der Waals surface area contributed by atoms with Gasteiger partial charge in [0, 0.05) is 17.6 Å². The van der Waals surface area contributed by atoms with Crippen LogP contribution in [0, 0.1) is 5.82 Å². The summed E-state index contributed by atoms with van der Waals surface area (Å²) in [6.07, 6.45) is 1.77. The van der Waals surface area contributed by atoms with E-state index < -0.39 is 0 Å². The van der Waals surface area contributed by atoms with Gasteiger partial charge in [-0.3, -0.25) is 0 Å². The van der Waals surface area contributed by atoms with Crippen LogP contribution in [0.5, 0.6) is 0 Å². The average Bonchev–Trinajstić information content (AvgIpc) is 2.55. The number of nitrogens with zero attached hydrogens (tertiary/aromatic N) is 2. The Labute approximate surface area is 127 Å². The highest BCUT2D eigenvalue weighted by molar-refractivity contribution is 5.90. The molecule has 2 N–H and O–H groups in total. The lowest BCUT2D eigenvalue weighted by Gasteiger charge is -2.10. The van der Waals surface area contributed by atoms with Gasteiger partial charge in [0.2, 0.25) is 5.95 Å². The predicted octanol–water partition coefficient (Wildman–Crippen LogP) is 4.11. The highest BCUT2D eigenvalue weighted by Crippen LogP contribution is 2.23. The molecule has 0 atom stereocenters. The van der Waals surface area contributed by atoms with Crippen molar-refractivity contribution in [3.63, 3.8) is 0 Å². The second-order valence-electron chi connectivity index (χ2n) is 4.71. The van der Waals surface area contributed by atoms with Gasteiger partial charge in [0.1, 0.15) is 11.6 Å². The van der Waals surface area contributed by atoms with Crippen molar-refractivity contribution >= 4 is 28.4 Å². The topological polar surface area (TPSA) is 49.8 Å². The summed E-state index contributed by atoms with van der Waals surface area (Å²) in [6.45, 7) is 4.31. The third-order valence-corrected chi connectivity index (χ3v) is 3.12. The lowest BCUT2D eigenvalue weighted by Crippen LogP contribution is -2.05. The summed E-state index contributed by atoms with van der Waals surface area (Å²) in [5.74, 6) is 0.908. The second-order valence-corrected chi connectivity index (χ2v) is 4.71. The van der Waals surface area contributed by atoms with Gasteiger partial charge in [-0.15, -0.1) is 6.58 Å². The Morgan fingerprint density at radius 1 is 1.05 bits per heavy atom. The minimum absolute atomic E-state index is 0.279.